The van der Waals surface area contributed by atoms with E-state index >= 15 is 0 Å². The van der Waals surface area contributed by atoms with Crippen molar-refractivity contribution < 1.29 is 19.4 Å². The summed E-state index contributed by atoms with van der Waals surface area (Å²) in [6.07, 6.45) is 0.0872. The summed E-state index contributed by atoms with van der Waals surface area (Å²) in [6.45, 7) is 3.02. The van der Waals surface area contributed by atoms with Crippen molar-refractivity contribution in [1.82, 2.24) is 0 Å². The Hall–Kier alpha value is -3.02. The summed E-state index contributed by atoms with van der Waals surface area (Å²) in [5.74, 6) is -0.390. The molecule has 1 heterocycles. The SMILES string of the molecule is O=C(O)C(CCc1ccc(-c2ccc(Cl)cc2)cc1)Oc1cccc(N2CCOCC2)c1. The van der Waals surface area contributed by atoms with Crippen molar-refractivity contribution in [2.45, 2.75) is 18.9 Å². The van der Waals surface area contributed by atoms with Gasteiger partial charge in [-0.05, 0) is 53.8 Å². The van der Waals surface area contributed by atoms with Gasteiger partial charge in [-0.3, -0.25) is 0 Å². The fraction of sp³-hybridized carbons (Fsp3) is 0.269. The minimum atomic E-state index is -0.959. The second-order valence-electron chi connectivity index (χ2n) is 7.78. The minimum absolute atomic E-state index is 0.386. The van der Waals surface area contributed by atoms with Crippen LogP contribution in [0.5, 0.6) is 5.75 Å². The van der Waals surface area contributed by atoms with Gasteiger partial charge in [0.2, 0.25) is 0 Å². The largest absolute Gasteiger partial charge is 0.479 e. The molecule has 0 spiro atoms. The summed E-state index contributed by atoms with van der Waals surface area (Å²) in [7, 11) is 0. The second-order valence-corrected chi connectivity index (χ2v) is 8.22. The predicted octanol–water partition coefficient (Wildman–Crippen LogP) is 5.31. The number of benzene rings is 3. The van der Waals surface area contributed by atoms with Crippen molar-refractivity contribution in [2.75, 3.05) is 31.2 Å². The maximum absolute atomic E-state index is 11.8. The van der Waals surface area contributed by atoms with Crippen LogP contribution in [0.25, 0.3) is 11.1 Å². The fourth-order valence-corrected chi connectivity index (χ4v) is 3.90. The third kappa shape index (κ3) is 5.81. The third-order valence-corrected chi connectivity index (χ3v) is 5.83. The molecule has 0 saturated carbocycles. The highest BCUT2D eigenvalue weighted by molar-refractivity contribution is 6.30. The first kappa shape index (κ1) is 22.2. The van der Waals surface area contributed by atoms with Crippen LogP contribution in [-0.4, -0.2) is 43.5 Å². The van der Waals surface area contributed by atoms with Gasteiger partial charge in [0.25, 0.3) is 0 Å². The van der Waals surface area contributed by atoms with E-state index in [2.05, 4.69) is 4.90 Å². The third-order valence-electron chi connectivity index (χ3n) is 5.57. The Kier molecular flexibility index (Phi) is 7.30. The molecule has 1 N–H and O–H groups in total. The number of carboxylic acids is 1. The van der Waals surface area contributed by atoms with Crippen molar-refractivity contribution in [3.63, 3.8) is 0 Å². The topological polar surface area (TPSA) is 59.0 Å². The first-order chi connectivity index (χ1) is 15.6. The molecule has 0 bridgehead atoms. The summed E-state index contributed by atoms with van der Waals surface area (Å²) in [4.78, 5) is 14.0. The van der Waals surface area contributed by atoms with E-state index in [0.717, 1.165) is 35.5 Å². The quantitative estimate of drug-likeness (QED) is 0.503. The highest BCUT2D eigenvalue weighted by Crippen LogP contribution is 2.25. The molecule has 0 radical (unpaired) electrons. The van der Waals surface area contributed by atoms with E-state index in [1.54, 1.807) is 6.07 Å². The number of nitrogens with zero attached hydrogens (tertiary/aromatic N) is 1. The van der Waals surface area contributed by atoms with Crippen LogP contribution in [-0.2, 0) is 16.0 Å². The van der Waals surface area contributed by atoms with Crippen LogP contribution in [0.2, 0.25) is 5.02 Å². The molecular weight excluding hydrogens is 426 g/mol. The van der Waals surface area contributed by atoms with Crippen molar-refractivity contribution in [1.29, 1.82) is 0 Å². The van der Waals surface area contributed by atoms with Gasteiger partial charge < -0.3 is 19.5 Å². The summed E-state index contributed by atoms with van der Waals surface area (Å²) in [5, 5.41) is 10.4. The highest BCUT2D eigenvalue weighted by Gasteiger charge is 2.20. The number of carbonyl (C=O) groups is 1. The van der Waals surface area contributed by atoms with E-state index in [9.17, 15) is 9.90 Å². The number of ether oxygens (including phenoxy) is 2. The summed E-state index contributed by atoms with van der Waals surface area (Å²) < 4.78 is 11.3. The normalized spacial score (nSPS) is 14.7. The first-order valence-electron chi connectivity index (χ1n) is 10.8. The Morgan fingerprint density at radius 2 is 1.66 bits per heavy atom. The molecule has 6 heteroatoms. The molecule has 4 rings (SSSR count). The van der Waals surface area contributed by atoms with Gasteiger partial charge in [0.05, 0.1) is 13.2 Å². The molecule has 0 aliphatic carbocycles. The number of hydrogen-bond acceptors (Lipinski definition) is 4. The van der Waals surface area contributed by atoms with Gasteiger partial charge in [-0.15, -0.1) is 0 Å². The molecule has 1 atom stereocenters. The average Bonchev–Trinajstić information content (AvgIpc) is 2.83. The van der Waals surface area contributed by atoms with Crippen molar-refractivity contribution in [3.05, 3.63) is 83.4 Å². The zero-order valence-corrected chi connectivity index (χ0v) is 18.5. The van der Waals surface area contributed by atoms with Gasteiger partial charge in [0.15, 0.2) is 6.10 Å². The Bertz CT molecular complexity index is 1030. The Balaban J connectivity index is 1.38. The average molecular weight is 452 g/mol. The lowest BCUT2D eigenvalue weighted by Gasteiger charge is -2.29. The first-order valence-corrected chi connectivity index (χ1v) is 11.1. The van der Waals surface area contributed by atoms with Gasteiger partial charge in [0, 0.05) is 29.9 Å². The molecule has 3 aromatic rings. The molecule has 0 amide bonds. The molecule has 5 nitrogen and oxygen atoms in total. The summed E-state index contributed by atoms with van der Waals surface area (Å²) in [5.41, 5.74) is 4.27. The number of anilines is 1. The molecule has 166 valence electrons. The minimum Gasteiger partial charge on any atom is -0.479 e. The van der Waals surface area contributed by atoms with Crippen LogP contribution in [0.4, 0.5) is 5.69 Å². The number of aryl methyl sites for hydroxylation is 1. The zero-order valence-electron chi connectivity index (χ0n) is 17.7. The number of rotatable bonds is 8. The van der Waals surface area contributed by atoms with Crippen molar-refractivity contribution in [2.24, 2.45) is 0 Å². The molecule has 1 saturated heterocycles. The molecule has 0 aromatic heterocycles. The van der Waals surface area contributed by atoms with E-state index in [4.69, 9.17) is 21.1 Å². The molecular formula is C26H26ClNO4. The molecule has 1 aliphatic rings. The van der Waals surface area contributed by atoms with E-state index in [1.807, 2.05) is 66.7 Å². The van der Waals surface area contributed by atoms with Crippen LogP contribution in [0, 0.1) is 0 Å². The number of carboxylic acid groups (broad SMARTS) is 1. The maximum atomic E-state index is 11.8. The van der Waals surface area contributed by atoms with Gasteiger partial charge >= 0.3 is 5.97 Å². The lowest BCUT2D eigenvalue weighted by Crippen LogP contribution is -2.36. The molecule has 3 aromatic carbocycles. The fourth-order valence-electron chi connectivity index (χ4n) is 3.78. The van der Waals surface area contributed by atoms with E-state index < -0.39 is 12.1 Å². The van der Waals surface area contributed by atoms with Crippen LogP contribution in [0.3, 0.4) is 0 Å². The maximum Gasteiger partial charge on any atom is 0.344 e. The lowest BCUT2D eigenvalue weighted by molar-refractivity contribution is -0.145. The van der Waals surface area contributed by atoms with Crippen LogP contribution in [0.1, 0.15) is 12.0 Å². The Morgan fingerprint density at radius 3 is 2.31 bits per heavy atom. The van der Waals surface area contributed by atoms with Gasteiger partial charge in [0.1, 0.15) is 5.75 Å². The lowest BCUT2D eigenvalue weighted by atomic mass is 10.0. The van der Waals surface area contributed by atoms with Crippen LogP contribution in [0.15, 0.2) is 72.8 Å². The smallest absolute Gasteiger partial charge is 0.344 e. The van der Waals surface area contributed by atoms with E-state index in [-0.39, 0.29) is 0 Å². The summed E-state index contributed by atoms with van der Waals surface area (Å²) in [6, 6.07) is 23.5. The predicted molar refractivity (Wildman–Crippen MR) is 127 cm³/mol. The molecule has 32 heavy (non-hydrogen) atoms. The number of aliphatic carboxylic acids is 1. The highest BCUT2D eigenvalue weighted by atomic mass is 35.5. The van der Waals surface area contributed by atoms with Crippen LogP contribution < -0.4 is 9.64 Å². The summed E-state index contributed by atoms with van der Waals surface area (Å²) >= 11 is 5.96. The standard InChI is InChI=1S/C26H26ClNO4/c27-22-11-9-21(10-12-22)20-7-4-19(5-8-20)6-13-25(26(29)30)32-24-3-1-2-23(18-24)28-14-16-31-17-15-28/h1-5,7-12,18,25H,6,13-17H2,(H,29,30). The zero-order chi connectivity index (χ0) is 22.3. The van der Waals surface area contributed by atoms with Crippen molar-refractivity contribution >= 4 is 23.3 Å². The molecule has 1 unspecified atom stereocenters. The van der Waals surface area contributed by atoms with Gasteiger partial charge in [-0.1, -0.05) is 54.1 Å². The number of hydrogen-bond donors (Lipinski definition) is 1. The van der Waals surface area contributed by atoms with Crippen molar-refractivity contribution in [3.8, 4) is 16.9 Å². The molecule has 1 aliphatic heterocycles. The van der Waals surface area contributed by atoms with E-state index in [0.29, 0.717) is 36.8 Å². The monoisotopic (exact) mass is 451 g/mol. The number of morpholine rings is 1. The number of halogens is 1. The van der Waals surface area contributed by atoms with Gasteiger partial charge in [-0.2, -0.15) is 0 Å². The second kappa shape index (κ2) is 10.5. The van der Waals surface area contributed by atoms with E-state index in [1.165, 1.54) is 0 Å². The Labute approximate surface area is 193 Å². The van der Waals surface area contributed by atoms with Crippen LogP contribution >= 0.6 is 11.6 Å². The Morgan fingerprint density at radius 1 is 1.00 bits per heavy atom. The molecule has 1 fully saturated rings. The van der Waals surface area contributed by atoms with Gasteiger partial charge in [-0.25, -0.2) is 4.79 Å².